The van der Waals surface area contributed by atoms with Crippen molar-refractivity contribution in [3.05, 3.63) is 35.4 Å². The molecule has 1 aromatic rings. The van der Waals surface area contributed by atoms with Crippen LogP contribution in [-0.2, 0) is 16.1 Å². The number of hydrogen-bond donors (Lipinski definition) is 2. The number of hydrogen-bond acceptors (Lipinski definition) is 4. The number of carboxylic acid groups (broad SMARTS) is 1. The summed E-state index contributed by atoms with van der Waals surface area (Å²) < 4.78 is 0. The molecule has 0 aliphatic rings. The molecule has 0 aliphatic heterocycles. The second kappa shape index (κ2) is 9.97. The Morgan fingerprint density at radius 3 is 2.38 bits per heavy atom. The van der Waals surface area contributed by atoms with Crippen LogP contribution in [0, 0.1) is 5.92 Å². The standard InChI is InChI=1S/C17H24N2O4S/c1-12(2)17(23)19(3)10-13-4-6-14(7-5-13)16(22)18-8-9-24-11-15(20)21/h4-7,12H,8-11H2,1-3H3,(H,18,22)(H,20,21). The maximum absolute atomic E-state index is 12.0. The summed E-state index contributed by atoms with van der Waals surface area (Å²) in [6, 6.07) is 7.11. The number of thioether (sulfide) groups is 1. The number of amides is 2. The number of nitrogens with one attached hydrogen (secondary N) is 1. The van der Waals surface area contributed by atoms with E-state index in [1.807, 2.05) is 26.0 Å². The minimum Gasteiger partial charge on any atom is -0.481 e. The van der Waals surface area contributed by atoms with Gasteiger partial charge in [-0.05, 0) is 17.7 Å². The minimum absolute atomic E-state index is 0.0349. The van der Waals surface area contributed by atoms with Crippen LogP contribution in [0.2, 0.25) is 0 Å². The van der Waals surface area contributed by atoms with E-state index in [9.17, 15) is 14.4 Å². The zero-order valence-corrected chi connectivity index (χ0v) is 15.1. The number of rotatable bonds is 9. The van der Waals surface area contributed by atoms with Gasteiger partial charge in [0.05, 0.1) is 5.75 Å². The largest absolute Gasteiger partial charge is 0.481 e. The third-order valence-electron chi connectivity index (χ3n) is 3.26. The first-order chi connectivity index (χ1) is 11.3. The van der Waals surface area contributed by atoms with Gasteiger partial charge in [-0.2, -0.15) is 0 Å². The zero-order valence-electron chi connectivity index (χ0n) is 14.2. The average Bonchev–Trinajstić information content (AvgIpc) is 2.53. The van der Waals surface area contributed by atoms with Gasteiger partial charge in [-0.3, -0.25) is 14.4 Å². The molecule has 0 unspecified atom stereocenters. The summed E-state index contributed by atoms with van der Waals surface area (Å²) in [6.45, 7) is 4.65. The third-order valence-corrected chi connectivity index (χ3v) is 4.21. The van der Waals surface area contributed by atoms with Crippen molar-refractivity contribution >= 4 is 29.5 Å². The summed E-state index contributed by atoms with van der Waals surface area (Å²) in [6.07, 6.45) is 0. The number of carbonyl (C=O) groups is 3. The highest BCUT2D eigenvalue weighted by molar-refractivity contribution is 7.99. The maximum Gasteiger partial charge on any atom is 0.313 e. The summed E-state index contributed by atoms with van der Waals surface area (Å²) in [4.78, 5) is 35.9. The molecule has 2 N–H and O–H groups in total. The third kappa shape index (κ3) is 7.04. The number of benzene rings is 1. The Bertz CT molecular complexity index is 572. The summed E-state index contributed by atoms with van der Waals surface area (Å²) >= 11 is 1.26. The Balaban J connectivity index is 2.44. The average molecular weight is 352 g/mol. The van der Waals surface area contributed by atoms with Crippen LogP contribution in [0.1, 0.15) is 29.8 Å². The van der Waals surface area contributed by atoms with Crippen molar-refractivity contribution in [2.24, 2.45) is 5.92 Å². The molecule has 0 fully saturated rings. The molecule has 0 aliphatic carbocycles. The van der Waals surface area contributed by atoms with Crippen molar-refractivity contribution in [1.82, 2.24) is 10.2 Å². The summed E-state index contributed by atoms with van der Waals surface area (Å²) in [5.74, 6) is -0.424. The molecule has 2 amide bonds. The molecule has 0 bridgehead atoms. The highest BCUT2D eigenvalue weighted by Gasteiger charge is 2.13. The van der Waals surface area contributed by atoms with Crippen molar-refractivity contribution < 1.29 is 19.5 Å². The fourth-order valence-electron chi connectivity index (χ4n) is 2.05. The van der Waals surface area contributed by atoms with E-state index in [0.29, 0.717) is 24.4 Å². The van der Waals surface area contributed by atoms with Gasteiger partial charge in [-0.1, -0.05) is 26.0 Å². The van der Waals surface area contributed by atoms with Crippen LogP contribution < -0.4 is 5.32 Å². The molecule has 1 rings (SSSR count). The zero-order chi connectivity index (χ0) is 18.1. The summed E-state index contributed by atoms with van der Waals surface area (Å²) in [5, 5.41) is 11.3. The first kappa shape index (κ1) is 20.0. The van der Waals surface area contributed by atoms with Crippen molar-refractivity contribution in [2.45, 2.75) is 20.4 Å². The first-order valence-corrected chi connectivity index (χ1v) is 8.88. The Morgan fingerprint density at radius 1 is 1.21 bits per heavy atom. The van der Waals surface area contributed by atoms with Crippen LogP contribution in [0.3, 0.4) is 0 Å². The minimum atomic E-state index is -0.858. The molecule has 1 aromatic carbocycles. The molecular weight excluding hydrogens is 328 g/mol. The van der Waals surface area contributed by atoms with Crippen molar-refractivity contribution in [1.29, 1.82) is 0 Å². The van der Waals surface area contributed by atoms with Crippen LogP contribution in [0.5, 0.6) is 0 Å². The normalized spacial score (nSPS) is 10.5. The molecule has 0 heterocycles. The van der Waals surface area contributed by atoms with E-state index in [-0.39, 0.29) is 23.5 Å². The predicted octanol–water partition coefficient (Wildman–Crippen LogP) is 1.85. The second-order valence-electron chi connectivity index (χ2n) is 5.75. The van der Waals surface area contributed by atoms with Gasteiger partial charge in [0.2, 0.25) is 5.91 Å². The van der Waals surface area contributed by atoms with E-state index in [4.69, 9.17) is 5.11 Å². The second-order valence-corrected chi connectivity index (χ2v) is 6.85. The number of nitrogens with zero attached hydrogens (tertiary/aromatic N) is 1. The summed E-state index contributed by atoms with van der Waals surface area (Å²) in [7, 11) is 1.76. The van der Waals surface area contributed by atoms with Gasteiger partial charge in [0.1, 0.15) is 0 Å². The van der Waals surface area contributed by atoms with Gasteiger partial charge >= 0.3 is 5.97 Å². The fraction of sp³-hybridized carbons (Fsp3) is 0.471. The van der Waals surface area contributed by atoms with Crippen LogP contribution in [-0.4, -0.2) is 52.9 Å². The molecule has 6 nitrogen and oxygen atoms in total. The highest BCUT2D eigenvalue weighted by Crippen LogP contribution is 2.09. The molecular formula is C17H24N2O4S. The SMILES string of the molecule is CC(C)C(=O)N(C)Cc1ccc(C(=O)NCCSCC(=O)O)cc1. The van der Waals surface area contributed by atoms with E-state index in [0.717, 1.165) is 5.56 Å². The van der Waals surface area contributed by atoms with Crippen molar-refractivity contribution in [3.63, 3.8) is 0 Å². The lowest BCUT2D eigenvalue weighted by Crippen LogP contribution is -2.30. The van der Waals surface area contributed by atoms with E-state index in [1.165, 1.54) is 11.8 Å². The fourth-order valence-corrected chi connectivity index (χ4v) is 2.62. The van der Waals surface area contributed by atoms with Crippen molar-refractivity contribution in [3.8, 4) is 0 Å². The Hall–Kier alpha value is -2.02. The lowest BCUT2D eigenvalue weighted by atomic mass is 10.1. The number of aliphatic carboxylic acids is 1. The van der Waals surface area contributed by atoms with Gasteiger partial charge in [-0.25, -0.2) is 0 Å². The molecule has 0 radical (unpaired) electrons. The van der Waals surface area contributed by atoms with Gasteiger partial charge in [0.15, 0.2) is 0 Å². The lowest BCUT2D eigenvalue weighted by Gasteiger charge is -2.19. The Labute approximate surface area is 146 Å². The molecule has 0 atom stereocenters. The number of carboxylic acids is 1. The maximum atomic E-state index is 12.0. The Kier molecular flexibility index (Phi) is 8.32. The van der Waals surface area contributed by atoms with Crippen LogP contribution in [0.4, 0.5) is 0 Å². The molecule has 24 heavy (non-hydrogen) atoms. The Morgan fingerprint density at radius 2 is 1.83 bits per heavy atom. The molecule has 0 spiro atoms. The van der Waals surface area contributed by atoms with Gasteiger partial charge in [-0.15, -0.1) is 11.8 Å². The van der Waals surface area contributed by atoms with Gasteiger partial charge in [0.25, 0.3) is 5.91 Å². The topological polar surface area (TPSA) is 86.7 Å². The molecule has 0 saturated carbocycles. The first-order valence-electron chi connectivity index (χ1n) is 7.73. The van der Waals surface area contributed by atoms with Gasteiger partial charge in [0, 0.05) is 37.4 Å². The van der Waals surface area contributed by atoms with E-state index in [2.05, 4.69) is 5.32 Å². The molecule has 0 aromatic heterocycles. The molecule has 0 saturated heterocycles. The van der Waals surface area contributed by atoms with Crippen molar-refractivity contribution in [2.75, 3.05) is 25.1 Å². The number of carbonyl (C=O) groups excluding carboxylic acids is 2. The monoisotopic (exact) mass is 352 g/mol. The highest BCUT2D eigenvalue weighted by atomic mass is 32.2. The van der Waals surface area contributed by atoms with Crippen LogP contribution in [0.15, 0.2) is 24.3 Å². The van der Waals surface area contributed by atoms with E-state index < -0.39 is 5.97 Å². The van der Waals surface area contributed by atoms with E-state index >= 15 is 0 Å². The molecule has 7 heteroatoms. The smallest absolute Gasteiger partial charge is 0.313 e. The predicted molar refractivity (Wildman–Crippen MR) is 95.0 cm³/mol. The quantitative estimate of drug-likeness (QED) is 0.662. The summed E-state index contributed by atoms with van der Waals surface area (Å²) in [5.41, 5.74) is 1.50. The van der Waals surface area contributed by atoms with Crippen LogP contribution >= 0.6 is 11.8 Å². The van der Waals surface area contributed by atoms with Crippen LogP contribution in [0.25, 0.3) is 0 Å². The van der Waals surface area contributed by atoms with E-state index in [1.54, 1.807) is 24.1 Å². The van der Waals surface area contributed by atoms with Gasteiger partial charge < -0.3 is 15.3 Å². The molecule has 132 valence electrons. The lowest BCUT2D eigenvalue weighted by molar-refractivity contribution is -0.134.